The van der Waals surface area contributed by atoms with Gasteiger partial charge in [-0.1, -0.05) is 35.5 Å². The first-order chi connectivity index (χ1) is 15.3. The molecule has 0 N–H and O–H groups in total. The van der Waals surface area contributed by atoms with Gasteiger partial charge in [-0.05, 0) is 24.3 Å². The highest BCUT2D eigenvalue weighted by atomic mass is 16.5. The molecular weight excluding hydrogens is 390 g/mol. The van der Waals surface area contributed by atoms with Crippen LogP contribution in [0.15, 0.2) is 59.1 Å². The van der Waals surface area contributed by atoms with Crippen LogP contribution in [0, 0.1) is 0 Å². The van der Waals surface area contributed by atoms with Crippen LogP contribution in [0.4, 0.5) is 5.69 Å². The van der Waals surface area contributed by atoms with Gasteiger partial charge in [0.2, 0.25) is 5.91 Å². The second kappa shape index (κ2) is 9.08. The number of anilines is 1. The fourth-order valence-corrected chi connectivity index (χ4v) is 4.51. The van der Waals surface area contributed by atoms with Crippen LogP contribution in [0.25, 0.3) is 11.0 Å². The van der Waals surface area contributed by atoms with Gasteiger partial charge in [-0.2, -0.15) is 0 Å². The summed E-state index contributed by atoms with van der Waals surface area (Å²) in [5, 5.41) is 5.34. The number of hydrogen-bond acceptors (Lipinski definition) is 6. The molecule has 0 saturated carbocycles. The monoisotopic (exact) mass is 419 g/mol. The van der Waals surface area contributed by atoms with Crippen LogP contribution < -0.4 is 4.90 Å². The van der Waals surface area contributed by atoms with Crippen molar-refractivity contribution in [1.82, 2.24) is 19.9 Å². The fraction of sp³-hybridized carbons (Fsp3) is 0.417. The standard InChI is InChI=1S/C24H29N5O2/c30-24(29-16-14-28(15-17-29)20-6-2-1-3-7-20)19-27-12-10-26(11-13-27)18-22-21-8-4-5-9-23(21)31-25-22/h1-9H,10-19H2. The predicted octanol–water partition coefficient (Wildman–Crippen LogP) is 2.29. The van der Waals surface area contributed by atoms with Gasteiger partial charge < -0.3 is 14.3 Å². The topological polar surface area (TPSA) is 56.1 Å². The van der Waals surface area contributed by atoms with E-state index in [1.807, 2.05) is 29.2 Å². The summed E-state index contributed by atoms with van der Waals surface area (Å²) in [5.74, 6) is 0.253. The lowest BCUT2D eigenvalue weighted by Crippen LogP contribution is -2.53. The van der Waals surface area contributed by atoms with Crippen LogP contribution in [0.2, 0.25) is 0 Å². The van der Waals surface area contributed by atoms with E-state index >= 15 is 0 Å². The molecule has 2 saturated heterocycles. The molecule has 0 atom stereocenters. The summed E-state index contributed by atoms with van der Waals surface area (Å²) >= 11 is 0. The van der Waals surface area contributed by atoms with Gasteiger partial charge in [0.1, 0.15) is 5.69 Å². The maximum Gasteiger partial charge on any atom is 0.236 e. The highest BCUT2D eigenvalue weighted by molar-refractivity contribution is 5.79. The third kappa shape index (κ3) is 4.57. The van der Waals surface area contributed by atoms with Gasteiger partial charge >= 0.3 is 0 Å². The molecule has 0 aliphatic carbocycles. The van der Waals surface area contributed by atoms with Crippen molar-refractivity contribution in [3.05, 3.63) is 60.3 Å². The van der Waals surface area contributed by atoms with E-state index in [9.17, 15) is 4.79 Å². The minimum absolute atomic E-state index is 0.253. The number of aromatic nitrogens is 1. The summed E-state index contributed by atoms with van der Waals surface area (Å²) in [5.41, 5.74) is 3.08. The van der Waals surface area contributed by atoms with Crippen molar-refractivity contribution in [2.24, 2.45) is 0 Å². The number of carbonyl (C=O) groups is 1. The van der Waals surface area contributed by atoms with Crippen LogP contribution in [-0.2, 0) is 11.3 Å². The lowest BCUT2D eigenvalue weighted by molar-refractivity contribution is -0.133. The maximum absolute atomic E-state index is 12.8. The zero-order chi connectivity index (χ0) is 21.0. The van der Waals surface area contributed by atoms with Crippen molar-refractivity contribution in [1.29, 1.82) is 0 Å². The van der Waals surface area contributed by atoms with Gasteiger partial charge in [0, 0.05) is 70.0 Å². The number of hydrogen-bond donors (Lipinski definition) is 0. The molecule has 2 aliphatic rings. The molecular formula is C24H29N5O2. The number of rotatable bonds is 5. The smallest absolute Gasteiger partial charge is 0.236 e. The van der Waals surface area contributed by atoms with Crippen molar-refractivity contribution >= 4 is 22.6 Å². The number of para-hydroxylation sites is 2. The average Bonchev–Trinajstić information content (AvgIpc) is 3.24. The van der Waals surface area contributed by atoms with Gasteiger partial charge in [0.15, 0.2) is 5.58 Å². The normalized spacial score (nSPS) is 18.6. The van der Waals surface area contributed by atoms with Crippen molar-refractivity contribution < 1.29 is 9.32 Å². The molecule has 3 aromatic rings. The summed E-state index contributed by atoms with van der Waals surface area (Å²) < 4.78 is 5.43. The zero-order valence-corrected chi connectivity index (χ0v) is 17.8. The van der Waals surface area contributed by atoms with E-state index < -0.39 is 0 Å². The predicted molar refractivity (Wildman–Crippen MR) is 121 cm³/mol. The second-order valence-corrected chi connectivity index (χ2v) is 8.38. The minimum atomic E-state index is 0.253. The summed E-state index contributed by atoms with van der Waals surface area (Å²) in [4.78, 5) is 21.9. The van der Waals surface area contributed by atoms with Crippen LogP contribution >= 0.6 is 0 Å². The molecule has 2 aliphatic heterocycles. The Kier molecular flexibility index (Phi) is 5.86. The maximum atomic E-state index is 12.8. The van der Waals surface area contributed by atoms with Gasteiger partial charge in [-0.25, -0.2) is 0 Å². The van der Waals surface area contributed by atoms with E-state index in [1.54, 1.807) is 0 Å². The third-order valence-electron chi connectivity index (χ3n) is 6.40. The van der Waals surface area contributed by atoms with Crippen LogP contribution in [0.5, 0.6) is 0 Å². The fourth-order valence-electron chi connectivity index (χ4n) is 4.51. The summed E-state index contributed by atoms with van der Waals surface area (Å²) in [7, 11) is 0. The average molecular weight is 420 g/mol. The highest BCUT2D eigenvalue weighted by Crippen LogP contribution is 2.20. The number of nitrogens with zero attached hydrogens (tertiary/aromatic N) is 5. The molecule has 0 unspecified atom stereocenters. The Labute approximate surface area is 182 Å². The van der Waals surface area contributed by atoms with Gasteiger partial charge in [-0.15, -0.1) is 0 Å². The Morgan fingerprint density at radius 2 is 1.48 bits per heavy atom. The minimum Gasteiger partial charge on any atom is -0.368 e. The van der Waals surface area contributed by atoms with Crippen molar-refractivity contribution in [2.75, 3.05) is 63.8 Å². The molecule has 31 heavy (non-hydrogen) atoms. The number of amides is 1. The molecule has 7 heteroatoms. The Morgan fingerprint density at radius 3 is 2.26 bits per heavy atom. The Bertz CT molecular complexity index is 1000. The Balaban J connectivity index is 1.07. The molecule has 2 aromatic carbocycles. The lowest BCUT2D eigenvalue weighted by atomic mass is 10.2. The number of benzene rings is 2. The van der Waals surface area contributed by atoms with Gasteiger partial charge in [0.05, 0.1) is 6.54 Å². The molecule has 0 spiro atoms. The first kappa shape index (κ1) is 20.0. The first-order valence-electron chi connectivity index (χ1n) is 11.1. The van der Waals surface area contributed by atoms with Crippen LogP contribution in [0.1, 0.15) is 5.69 Å². The quantitative estimate of drug-likeness (QED) is 0.633. The Morgan fingerprint density at radius 1 is 0.806 bits per heavy atom. The van der Waals surface area contributed by atoms with E-state index in [4.69, 9.17) is 4.52 Å². The first-order valence-corrected chi connectivity index (χ1v) is 11.1. The lowest BCUT2D eigenvalue weighted by Gasteiger charge is -2.38. The second-order valence-electron chi connectivity index (χ2n) is 8.38. The van der Waals surface area contributed by atoms with Crippen molar-refractivity contribution in [3.63, 3.8) is 0 Å². The van der Waals surface area contributed by atoms with E-state index in [1.165, 1.54) is 5.69 Å². The summed E-state index contributed by atoms with van der Waals surface area (Å²) in [6.45, 7) is 8.40. The highest BCUT2D eigenvalue weighted by Gasteiger charge is 2.25. The van der Waals surface area contributed by atoms with Crippen LogP contribution in [-0.4, -0.2) is 84.7 Å². The summed E-state index contributed by atoms with van der Waals surface area (Å²) in [6, 6.07) is 18.5. The van der Waals surface area contributed by atoms with Gasteiger partial charge in [-0.3, -0.25) is 14.6 Å². The molecule has 7 nitrogen and oxygen atoms in total. The van der Waals surface area contributed by atoms with Crippen LogP contribution in [0.3, 0.4) is 0 Å². The number of piperazine rings is 2. The van der Waals surface area contributed by atoms with Gasteiger partial charge in [0.25, 0.3) is 0 Å². The molecule has 162 valence electrons. The molecule has 0 radical (unpaired) electrons. The molecule has 1 amide bonds. The van der Waals surface area contributed by atoms with E-state index in [0.29, 0.717) is 6.54 Å². The molecule has 5 rings (SSSR count). The summed E-state index contributed by atoms with van der Waals surface area (Å²) in [6.07, 6.45) is 0. The largest absolute Gasteiger partial charge is 0.368 e. The number of fused-ring (bicyclic) bond motifs is 1. The van der Waals surface area contributed by atoms with E-state index in [-0.39, 0.29) is 5.91 Å². The van der Waals surface area contributed by atoms with E-state index in [0.717, 1.165) is 75.6 Å². The Hall–Kier alpha value is -2.90. The molecule has 3 heterocycles. The SMILES string of the molecule is O=C(CN1CCN(Cc2noc3ccccc23)CC1)N1CCN(c2ccccc2)CC1. The molecule has 2 fully saturated rings. The van der Waals surface area contributed by atoms with Crippen molar-refractivity contribution in [3.8, 4) is 0 Å². The zero-order valence-electron chi connectivity index (χ0n) is 17.8. The van der Waals surface area contributed by atoms with Crippen molar-refractivity contribution in [2.45, 2.75) is 6.54 Å². The molecule has 0 bridgehead atoms. The third-order valence-corrected chi connectivity index (χ3v) is 6.40. The number of carbonyl (C=O) groups excluding carboxylic acids is 1. The molecule has 1 aromatic heterocycles. The van der Waals surface area contributed by atoms with E-state index in [2.05, 4.69) is 50.2 Å².